The fourth-order valence-corrected chi connectivity index (χ4v) is 3.43. The molecule has 102 valence electrons. The van der Waals surface area contributed by atoms with E-state index in [4.69, 9.17) is 0 Å². The molecule has 0 radical (unpaired) electrons. The highest BCUT2D eigenvalue weighted by Crippen LogP contribution is 2.33. The summed E-state index contributed by atoms with van der Waals surface area (Å²) in [6, 6.07) is 15.3. The van der Waals surface area contributed by atoms with E-state index in [1.165, 1.54) is 4.70 Å². The Morgan fingerprint density at radius 3 is 2.81 bits per heavy atom. The van der Waals surface area contributed by atoms with E-state index in [2.05, 4.69) is 28.2 Å². The molecule has 4 nitrogen and oxygen atoms in total. The number of hydrogen-bond donors (Lipinski definition) is 2. The molecule has 2 heterocycles. The first kappa shape index (κ1) is 12.1. The summed E-state index contributed by atoms with van der Waals surface area (Å²) < 4.78 is 1.19. The number of hydrogen-bond acceptors (Lipinski definition) is 3. The molecule has 0 bridgehead atoms. The highest BCUT2D eigenvalue weighted by molar-refractivity contribution is 7.22. The zero-order valence-electron chi connectivity index (χ0n) is 10.8. The lowest BCUT2D eigenvalue weighted by molar-refractivity contribution is 0.0699. The summed E-state index contributed by atoms with van der Waals surface area (Å²) in [4.78, 5) is 19.9. The monoisotopic (exact) mass is 294 g/mol. The van der Waals surface area contributed by atoms with Gasteiger partial charge in [-0.25, -0.2) is 9.78 Å². The number of benzene rings is 2. The van der Waals surface area contributed by atoms with Crippen LogP contribution in [0.5, 0.6) is 0 Å². The Bertz CT molecular complexity index is 951. The number of aromatic nitrogens is 2. The number of fused-ring (bicyclic) bond motifs is 2. The number of carbonyl (C=O) groups is 1. The summed E-state index contributed by atoms with van der Waals surface area (Å²) in [5.74, 6) is -0.255. The summed E-state index contributed by atoms with van der Waals surface area (Å²) in [5.41, 5.74) is 1.45. The molecule has 0 aliphatic rings. The summed E-state index contributed by atoms with van der Waals surface area (Å²) in [5, 5.41) is 10.4. The summed E-state index contributed by atoms with van der Waals surface area (Å²) in [7, 11) is 0. The highest BCUT2D eigenvalue weighted by atomic mass is 32.1. The van der Waals surface area contributed by atoms with Crippen molar-refractivity contribution in [3.05, 3.63) is 54.1 Å². The van der Waals surface area contributed by atoms with Gasteiger partial charge in [0.25, 0.3) is 0 Å². The van der Waals surface area contributed by atoms with Crippen molar-refractivity contribution < 1.29 is 9.90 Å². The van der Waals surface area contributed by atoms with E-state index in [9.17, 15) is 9.90 Å². The second-order valence-electron chi connectivity index (χ2n) is 4.74. The molecule has 0 saturated heterocycles. The van der Waals surface area contributed by atoms with Crippen LogP contribution in [0.25, 0.3) is 31.8 Å². The van der Waals surface area contributed by atoms with E-state index in [0.29, 0.717) is 11.3 Å². The highest BCUT2D eigenvalue weighted by Gasteiger charge is 2.14. The molecular weight excluding hydrogens is 284 g/mol. The van der Waals surface area contributed by atoms with Gasteiger partial charge in [0.05, 0.1) is 16.0 Å². The van der Waals surface area contributed by atoms with Gasteiger partial charge >= 0.3 is 5.97 Å². The molecular formula is C16H10N2O2S. The molecule has 0 atom stereocenters. The Labute approximate surface area is 123 Å². The maximum absolute atomic E-state index is 11.3. The molecule has 2 aromatic heterocycles. The van der Waals surface area contributed by atoms with Crippen LogP contribution in [0.2, 0.25) is 0 Å². The Hall–Kier alpha value is -2.66. The summed E-state index contributed by atoms with van der Waals surface area (Å²) in [6.45, 7) is 0. The number of thiophene rings is 1. The van der Waals surface area contributed by atoms with Gasteiger partial charge in [0.1, 0.15) is 11.3 Å². The van der Waals surface area contributed by atoms with Crippen LogP contribution in [-0.4, -0.2) is 21.0 Å². The van der Waals surface area contributed by atoms with Crippen molar-refractivity contribution in [1.82, 2.24) is 9.97 Å². The van der Waals surface area contributed by atoms with Gasteiger partial charge in [-0.2, -0.15) is 0 Å². The van der Waals surface area contributed by atoms with Crippen LogP contribution >= 0.6 is 11.3 Å². The predicted octanol–water partition coefficient (Wildman–Crippen LogP) is 4.14. The van der Waals surface area contributed by atoms with E-state index in [1.807, 2.05) is 18.2 Å². The lowest BCUT2D eigenvalue weighted by Gasteiger charge is -1.93. The molecule has 0 saturated carbocycles. The summed E-state index contributed by atoms with van der Waals surface area (Å²) >= 11 is 1.64. The van der Waals surface area contributed by atoms with Crippen molar-refractivity contribution in [2.75, 3.05) is 0 Å². The van der Waals surface area contributed by atoms with E-state index >= 15 is 0 Å². The first-order valence-electron chi connectivity index (χ1n) is 6.43. The average Bonchev–Trinajstić information content (AvgIpc) is 3.09. The van der Waals surface area contributed by atoms with E-state index in [0.717, 1.165) is 15.8 Å². The lowest BCUT2D eigenvalue weighted by atomic mass is 10.2. The van der Waals surface area contributed by atoms with Gasteiger partial charge in [0.15, 0.2) is 0 Å². The standard InChI is InChI=1S/C16H10N2O2S/c19-16(20)10-5-3-6-11-14(10)18-15(17-11)13-8-9-4-1-2-7-12(9)21-13/h1-8H,(H,17,18)(H,19,20). The number of rotatable bonds is 2. The number of aromatic amines is 1. The van der Waals surface area contributed by atoms with Crippen molar-refractivity contribution in [1.29, 1.82) is 0 Å². The Morgan fingerprint density at radius 2 is 2.00 bits per heavy atom. The van der Waals surface area contributed by atoms with Crippen LogP contribution in [0.1, 0.15) is 10.4 Å². The maximum atomic E-state index is 11.3. The van der Waals surface area contributed by atoms with Crippen molar-refractivity contribution in [3.8, 4) is 10.7 Å². The number of aromatic carboxylic acids is 1. The average molecular weight is 294 g/mol. The van der Waals surface area contributed by atoms with Crippen LogP contribution in [0.15, 0.2) is 48.5 Å². The maximum Gasteiger partial charge on any atom is 0.337 e. The minimum atomic E-state index is -0.963. The second-order valence-corrected chi connectivity index (χ2v) is 5.82. The van der Waals surface area contributed by atoms with Gasteiger partial charge in [0, 0.05) is 4.70 Å². The molecule has 0 unspecified atom stereocenters. The quantitative estimate of drug-likeness (QED) is 0.584. The summed E-state index contributed by atoms with van der Waals surface area (Å²) in [6.07, 6.45) is 0. The Balaban J connectivity index is 1.94. The van der Waals surface area contributed by atoms with Crippen LogP contribution in [0.3, 0.4) is 0 Å². The lowest BCUT2D eigenvalue weighted by Crippen LogP contribution is -1.96. The largest absolute Gasteiger partial charge is 0.478 e. The Kier molecular flexibility index (Phi) is 2.55. The third-order valence-electron chi connectivity index (χ3n) is 3.40. The van der Waals surface area contributed by atoms with Crippen molar-refractivity contribution in [2.45, 2.75) is 0 Å². The van der Waals surface area contributed by atoms with E-state index in [1.54, 1.807) is 23.5 Å². The number of nitrogens with zero attached hydrogens (tertiary/aromatic N) is 1. The van der Waals surface area contributed by atoms with Crippen LogP contribution < -0.4 is 0 Å². The topological polar surface area (TPSA) is 66.0 Å². The first-order chi connectivity index (χ1) is 10.2. The molecule has 0 aliphatic heterocycles. The van der Waals surface area contributed by atoms with Gasteiger partial charge in [-0.05, 0) is 29.7 Å². The molecule has 4 rings (SSSR count). The third kappa shape index (κ3) is 1.90. The van der Waals surface area contributed by atoms with Crippen LogP contribution in [0, 0.1) is 0 Å². The van der Waals surface area contributed by atoms with Gasteiger partial charge in [0.2, 0.25) is 0 Å². The number of H-pyrrole nitrogens is 1. The van der Waals surface area contributed by atoms with E-state index in [-0.39, 0.29) is 5.56 Å². The Morgan fingerprint density at radius 1 is 1.14 bits per heavy atom. The fourth-order valence-electron chi connectivity index (χ4n) is 2.42. The minimum absolute atomic E-state index is 0.219. The van der Waals surface area contributed by atoms with Gasteiger partial charge in [-0.15, -0.1) is 11.3 Å². The molecule has 2 aromatic carbocycles. The molecule has 4 aromatic rings. The third-order valence-corrected chi connectivity index (χ3v) is 4.52. The fraction of sp³-hybridized carbons (Fsp3) is 0. The number of carboxylic acid groups (broad SMARTS) is 1. The molecule has 0 amide bonds. The van der Waals surface area contributed by atoms with Crippen molar-refractivity contribution >= 4 is 38.4 Å². The number of nitrogens with one attached hydrogen (secondary N) is 1. The van der Waals surface area contributed by atoms with Gasteiger partial charge < -0.3 is 10.1 Å². The molecule has 2 N–H and O–H groups in total. The van der Waals surface area contributed by atoms with Crippen LogP contribution in [-0.2, 0) is 0 Å². The molecule has 0 spiro atoms. The van der Waals surface area contributed by atoms with Crippen molar-refractivity contribution in [3.63, 3.8) is 0 Å². The molecule has 0 aliphatic carbocycles. The van der Waals surface area contributed by atoms with Gasteiger partial charge in [-0.3, -0.25) is 0 Å². The minimum Gasteiger partial charge on any atom is -0.478 e. The molecule has 21 heavy (non-hydrogen) atoms. The smallest absolute Gasteiger partial charge is 0.337 e. The van der Waals surface area contributed by atoms with E-state index < -0.39 is 5.97 Å². The van der Waals surface area contributed by atoms with Gasteiger partial charge in [-0.1, -0.05) is 24.3 Å². The SMILES string of the molecule is O=C(O)c1cccc2[nH]c(-c3cc4ccccc4s3)nc12. The predicted molar refractivity (Wildman–Crippen MR) is 83.9 cm³/mol. The second kappa shape index (κ2) is 4.43. The van der Waals surface area contributed by atoms with Crippen molar-refractivity contribution in [2.24, 2.45) is 0 Å². The zero-order valence-corrected chi connectivity index (χ0v) is 11.6. The number of carboxylic acids is 1. The normalized spacial score (nSPS) is 11.2. The van der Waals surface area contributed by atoms with Crippen LogP contribution in [0.4, 0.5) is 0 Å². The first-order valence-corrected chi connectivity index (χ1v) is 7.25. The number of para-hydroxylation sites is 1. The number of imidazole rings is 1. The molecule has 5 heteroatoms. The molecule has 0 fully saturated rings. The zero-order chi connectivity index (χ0) is 14.4.